The number of aliphatic hydroxyl groups excluding tert-OH is 1. The highest BCUT2D eigenvalue weighted by Gasteiger charge is 2.07. The topological polar surface area (TPSA) is 41.5 Å². The molecule has 3 heteroatoms. The summed E-state index contributed by atoms with van der Waals surface area (Å²) < 4.78 is 5.30. The predicted molar refractivity (Wildman–Crippen MR) is 65.7 cm³/mol. The molecule has 0 bridgehead atoms. The van der Waals surface area contributed by atoms with Gasteiger partial charge < -0.3 is 15.2 Å². The van der Waals surface area contributed by atoms with Gasteiger partial charge in [0.05, 0.1) is 13.7 Å². The maximum atomic E-state index is 9.09. The van der Waals surface area contributed by atoms with E-state index < -0.39 is 0 Å². The van der Waals surface area contributed by atoms with Crippen molar-refractivity contribution in [3.63, 3.8) is 0 Å². The minimum atomic E-state index is 0.158. The summed E-state index contributed by atoms with van der Waals surface area (Å²) in [4.78, 5) is 0. The Kier molecular flexibility index (Phi) is 5.29. The summed E-state index contributed by atoms with van der Waals surface area (Å²) in [6, 6.07) is 6.28. The van der Waals surface area contributed by atoms with Crippen LogP contribution in [0.25, 0.3) is 0 Å². The zero-order valence-corrected chi connectivity index (χ0v) is 10.3. The number of hydrogen-bond acceptors (Lipinski definition) is 3. The highest BCUT2D eigenvalue weighted by molar-refractivity contribution is 5.36. The van der Waals surface area contributed by atoms with Crippen molar-refractivity contribution in [2.75, 3.05) is 13.7 Å². The van der Waals surface area contributed by atoms with Crippen molar-refractivity contribution in [3.05, 3.63) is 29.3 Å². The van der Waals surface area contributed by atoms with Crippen LogP contribution in [0.3, 0.4) is 0 Å². The van der Waals surface area contributed by atoms with Gasteiger partial charge in [0.1, 0.15) is 5.75 Å². The standard InChI is InChI=1S/C13H21NO2/c1-4-12(9-15)14-8-11-7-10(2)5-6-13(11)16-3/h5-7,12,14-15H,4,8-9H2,1-3H3/t12-/m1/s1. The van der Waals surface area contributed by atoms with Gasteiger partial charge in [-0.25, -0.2) is 0 Å². The lowest BCUT2D eigenvalue weighted by Gasteiger charge is -2.16. The Bertz CT molecular complexity index is 322. The number of methoxy groups -OCH3 is 1. The van der Waals surface area contributed by atoms with E-state index in [1.165, 1.54) is 5.56 Å². The molecule has 0 aliphatic rings. The molecule has 1 aromatic rings. The van der Waals surface area contributed by atoms with Crippen LogP contribution in [0, 0.1) is 6.92 Å². The van der Waals surface area contributed by atoms with Gasteiger partial charge >= 0.3 is 0 Å². The summed E-state index contributed by atoms with van der Waals surface area (Å²) in [6.07, 6.45) is 0.921. The fourth-order valence-corrected chi connectivity index (χ4v) is 1.64. The van der Waals surface area contributed by atoms with E-state index in [9.17, 15) is 0 Å². The maximum absolute atomic E-state index is 9.09. The molecule has 1 atom stereocenters. The van der Waals surface area contributed by atoms with Gasteiger partial charge in [0, 0.05) is 18.2 Å². The van der Waals surface area contributed by atoms with Crippen molar-refractivity contribution >= 4 is 0 Å². The Morgan fingerprint density at radius 1 is 1.44 bits per heavy atom. The lowest BCUT2D eigenvalue weighted by atomic mass is 10.1. The molecule has 16 heavy (non-hydrogen) atoms. The third-order valence-corrected chi connectivity index (χ3v) is 2.73. The molecule has 0 aliphatic heterocycles. The molecule has 1 rings (SSSR count). The Hall–Kier alpha value is -1.06. The Morgan fingerprint density at radius 2 is 2.19 bits per heavy atom. The summed E-state index contributed by atoms with van der Waals surface area (Å²) in [5.41, 5.74) is 2.35. The number of rotatable bonds is 6. The Labute approximate surface area is 97.4 Å². The largest absolute Gasteiger partial charge is 0.496 e. The van der Waals surface area contributed by atoms with Gasteiger partial charge in [-0.2, -0.15) is 0 Å². The van der Waals surface area contributed by atoms with Crippen molar-refractivity contribution in [3.8, 4) is 5.75 Å². The molecule has 0 spiro atoms. The fraction of sp³-hybridized carbons (Fsp3) is 0.538. The first-order valence-electron chi connectivity index (χ1n) is 5.69. The van der Waals surface area contributed by atoms with E-state index >= 15 is 0 Å². The molecule has 0 saturated carbocycles. The summed E-state index contributed by atoms with van der Waals surface area (Å²) in [5.74, 6) is 0.894. The first-order chi connectivity index (χ1) is 7.71. The lowest BCUT2D eigenvalue weighted by Crippen LogP contribution is -2.31. The van der Waals surface area contributed by atoms with Gasteiger partial charge in [0.15, 0.2) is 0 Å². The van der Waals surface area contributed by atoms with Gasteiger partial charge in [0.25, 0.3) is 0 Å². The number of aryl methyl sites for hydroxylation is 1. The van der Waals surface area contributed by atoms with E-state index in [-0.39, 0.29) is 12.6 Å². The second-order valence-electron chi connectivity index (χ2n) is 3.98. The van der Waals surface area contributed by atoms with E-state index in [0.717, 1.165) is 24.3 Å². The van der Waals surface area contributed by atoms with E-state index in [1.54, 1.807) is 7.11 Å². The second-order valence-corrected chi connectivity index (χ2v) is 3.98. The van der Waals surface area contributed by atoms with E-state index in [4.69, 9.17) is 9.84 Å². The molecule has 0 saturated heterocycles. The third kappa shape index (κ3) is 3.51. The molecule has 1 aromatic carbocycles. The summed E-state index contributed by atoms with van der Waals surface area (Å²) in [5, 5.41) is 12.4. The molecule has 2 N–H and O–H groups in total. The van der Waals surface area contributed by atoms with Crippen molar-refractivity contribution in [2.24, 2.45) is 0 Å². The molecule has 90 valence electrons. The van der Waals surface area contributed by atoms with E-state index in [2.05, 4.69) is 25.2 Å². The van der Waals surface area contributed by atoms with Crippen LogP contribution in [0.5, 0.6) is 5.75 Å². The molecule has 0 radical (unpaired) electrons. The second kappa shape index (κ2) is 6.51. The molecular formula is C13H21NO2. The average Bonchev–Trinajstić information content (AvgIpc) is 2.30. The molecule has 0 heterocycles. The van der Waals surface area contributed by atoms with Gasteiger partial charge in [0.2, 0.25) is 0 Å². The minimum absolute atomic E-state index is 0.158. The third-order valence-electron chi connectivity index (χ3n) is 2.73. The highest BCUT2D eigenvalue weighted by atomic mass is 16.5. The average molecular weight is 223 g/mol. The maximum Gasteiger partial charge on any atom is 0.123 e. The highest BCUT2D eigenvalue weighted by Crippen LogP contribution is 2.19. The van der Waals surface area contributed by atoms with Gasteiger partial charge in [-0.15, -0.1) is 0 Å². The van der Waals surface area contributed by atoms with Gasteiger partial charge in [-0.1, -0.05) is 24.6 Å². The number of benzene rings is 1. The van der Waals surface area contributed by atoms with Crippen molar-refractivity contribution < 1.29 is 9.84 Å². The van der Waals surface area contributed by atoms with Crippen LogP contribution in [0.2, 0.25) is 0 Å². The van der Waals surface area contributed by atoms with Gasteiger partial charge in [-0.3, -0.25) is 0 Å². The molecule has 3 nitrogen and oxygen atoms in total. The van der Waals surface area contributed by atoms with Crippen LogP contribution in [0.1, 0.15) is 24.5 Å². The molecular weight excluding hydrogens is 202 g/mol. The minimum Gasteiger partial charge on any atom is -0.496 e. The molecule has 0 aromatic heterocycles. The van der Waals surface area contributed by atoms with E-state index in [1.807, 2.05) is 12.1 Å². The fourth-order valence-electron chi connectivity index (χ4n) is 1.64. The van der Waals surface area contributed by atoms with Crippen LogP contribution in [0.15, 0.2) is 18.2 Å². The van der Waals surface area contributed by atoms with Crippen molar-refractivity contribution in [2.45, 2.75) is 32.9 Å². The summed E-state index contributed by atoms with van der Waals surface area (Å²) in [6.45, 7) is 5.02. The van der Waals surface area contributed by atoms with E-state index in [0.29, 0.717) is 0 Å². The van der Waals surface area contributed by atoms with Crippen molar-refractivity contribution in [1.82, 2.24) is 5.32 Å². The molecule has 0 amide bonds. The number of aliphatic hydroxyl groups is 1. The number of hydrogen-bond donors (Lipinski definition) is 2. The first-order valence-corrected chi connectivity index (χ1v) is 5.69. The number of nitrogens with one attached hydrogen (secondary N) is 1. The Balaban J connectivity index is 2.68. The SMILES string of the molecule is CC[C@H](CO)NCc1cc(C)ccc1OC. The predicted octanol–water partition coefficient (Wildman–Crippen LogP) is 1.86. The van der Waals surface area contributed by atoms with Crippen LogP contribution in [-0.4, -0.2) is 24.9 Å². The van der Waals surface area contributed by atoms with Crippen LogP contribution in [-0.2, 0) is 6.54 Å². The lowest BCUT2D eigenvalue weighted by molar-refractivity contribution is 0.238. The molecule has 0 fully saturated rings. The monoisotopic (exact) mass is 223 g/mol. The smallest absolute Gasteiger partial charge is 0.123 e. The van der Waals surface area contributed by atoms with Crippen LogP contribution in [0.4, 0.5) is 0 Å². The quantitative estimate of drug-likeness (QED) is 0.773. The molecule has 0 aliphatic carbocycles. The normalized spacial score (nSPS) is 12.5. The van der Waals surface area contributed by atoms with Gasteiger partial charge in [-0.05, 0) is 19.4 Å². The van der Waals surface area contributed by atoms with Crippen LogP contribution >= 0.6 is 0 Å². The van der Waals surface area contributed by atoms with Crippen LogP contribution < -0.4 is 10.1 Å². The summed E-state index contributed by atoms with van der Waals surface area (Å²) >= 11 is 0. The first kappa shape index (κ1) is 13.0. The Morgan fingerprint density at radius 3 is 2.75 bits per heavy atom. The number of ether oxygens (including phenoxy) is 1. The zero-order chi connectivity index (χ0) is 12.0. The molecule has 0 unspecified atom stereocenters. The summed E-state index contributed by atoms with van der Waals surface area (Å²) in [7, 11) is 1.68. The zero-order valence-electron chi connectivity index (χ0n) is 10.3. The van der Waals surface area contributed by atoms with Crippen molar-refractivity contribution in [1.29, 1.82) is 0 Å².